The van der Waals surface area contributed by atoms with Crippen molar-refractivity contribution in [2.45, 2.75) is 30.1 Å². The second-order valence-corrected chi connectivity index (χ2v) is 6.56. The van der Waals surface area contributed by atoms with Crippen LogP contribution in [0.4, 0.5) is 4.79 Å². The summed E-state index contributed by atoms with van der Waals surface area (Å²) in [4.78, 5) is 23.2. The molecule has 0 saturated heterocycles. The van der Waals surface area contributed by atoms with Crippen molar-refractivity contribution in [3.63, 3.8) is 0 Å². The fourth-order valence-corrected chi connectivity index (χ4v) is 3.24. The molecule has 0 spiro atoms. The van der Waals surface area contributed by atoms with Crippen LogP contribution >= 0.6 is 11.8 Å². The number of urea groups is 1. The van der Waals surface area contributed by atoms with E-state index in [2.05, 4.69) is 15.7 Å². The van der Waals surface area contributed by atoms with Crippen LogP contribution in [0.2, 0.25) is 0 Å². The first-order valence-corrected chi connectivity index (χ1v) is 7.99. The van der Waals surface area contributed by atoms with E-state index < -0.39 is 18.0 Å². The Balaban J connectivity index is 1.91. The molecule has 21 heavy (non-hydrogen) atoms. The fraction of sp³-hybridized carbons (Fsp3) is 0.615. The Morgan fingerprint density at radius 1 is 1.57 bits per heavy atom. The van der Waals surface area contributed by atoms with Crippen molar-refractivity contribution in [1.82, 2.24) is 20.4 Å². The molecule has 116 valence electrons. The third-order valence-electron chi connectivity index (χ3n) is 3.85. The van der Waals surface area contributed by atoms with E-state index in [1.54, 1.807) is 25.0 Å². The van der Waals surface area contributed by atoms with Gasteiger partial charge in [0, 0.05) is 30.1 Å². The van der Waals surface area contributed by atoms with Crippen molar-refractivity contribution in [3.05, 3.63) is 18.0 Å². The Hall–Kier alpha value is -1.70. The van der Waals surface area contributed by atoms with Crippen LogP contribution in [0, 0.1) is 0 Å². The van der Waals surface area contributed by atoms with Crippen LogP contribution in [-0.2, 0) is 11.8 Å². The Kier molecular flexibility index (Phi) is 4.76. The van der Waals surface area contributed by atoms with Crippen LogP contribution in [0.15, 0.2) is 12.4 Å². The molecule has 0 aliphatic heterocycles. The monoisotopic (exact) mass is 312 g/mol. The van der Waals surface area contributed by atoms with Gasteiger partial charge in [0.1, 0.15) is 0 Å². The van der Waals surface area contributed by atoms with Gasteiger partial charge in [0.2, 0.25) is 0 Å². The molecule has 2 rings (SSSR count). The normalized spacial score (nSPS) is 17.6. The van der Waals surface area contributed by atoms with Gasteiger partial charge >= 0.3 is 12.0 Å². The van der Waals surface area contributed by atoms with E-state index >= 15 is 0 Å². The van der Waals surface area contributed by atoms with Crippen LogP contribution < -0.4 is 10.6 Å². The zero-order chi connectivity index (χ0) is 15.5. The fourth-order valence-electron chi connectivity index (χ4n) is 2.32. The second kappa shape index (κ2) is 6.38. The molecule has 8 heteroatoms. The number of carboxylic acids is 1. The van der Waals surface area contributed by atoms with Crippen molar-refractivity contribution in [2.75, 3.05) is 12.8 Å². The molecule has 1 heterocycles. The number of hydrogen-bond acceptors (Lipinski definition) is 4. The van der Waals surface area contributed by atoms with Crippen molar-refractivity contribution in [1.29, 1.82) is 0 Å². The maximum Gasteiger partial charge on any atom is 0.331 e. The summed E-state index contributed by atoms with van der Waals surface area (Å²) >= 11 is 1.75. The highest BCUT2D eigenvalue weighted by Gasteiger charge is 2.36. The molecule has 1 atom stereocenters. The first-order valence-electron chi connectivity index (χ1n) is 6.77. The highest BCUT2D eigenvalue weighted by Crippen LogP contribution is 2.42. The lowest BCUT2D eigenvalue weighted by atomic mass is 9.84. The standard InChI is InChI=1S/C13H20N4O3S/c1-17-7-9(6-15-17)10(11(18)19)16-12(20)14-8-13(21-2)4-3-5-13/h6-7,10H,3-5,8H2,1-2H3,(H,18,19)(H2,14,16,20). The lowest BCUT2D eigenvalue weighted by Crippen LogP contribution is -2.49. The summed E-state index contributed by atoms with van der Waals surface area (Å²) < 4.78 is 1.62. The average Bonchev–Trinajstić information content (AvgIpc) is 2.81. The van der Waals surface area contributed by atoms with Crippen molar-refractivity contribution in [2.24, 2.45) is 7.05 Å². The number of aryl methyl sites for hydroxylation is 1. The number of rotatable bonds is 6. The van der Waals surface area contributed by atoms with Crippen LogP contribution in [0.3, 0.4) is 0 Å². The molecule has 1 unspecified atom stereocenters. The number of carboxylic acid groups (broad SMARTS) is 1. The molecule has 0 radical (unpaired) electrons. The van der Waals surface area contributed by atoms with Crippen LogP contribution in [0.25, 0.3) is 0 Å². The van der Waals surface area contributed by atoms with Gasteiger partial charge in [0.15, 0.2) is 6.04 Å². The molecule has 1 aliphatic carbocycles. The molecule has 1 aromatic heterocycles. The lowest BCUT2D eigenvalue weighted by Gasteiger charge is -2.40. The summed E-state index contributed by atoms with van der Waals surface area (Å²) in [5.41, 5.74) is 0.448. The van der Waals surface area contributed by atoms with Gasteiger partial charge in [-0.3, -0.25) is 4.68 Å². The quantitative estimate of drug-likeness (QED) is 0.732. The zero-order valence-electron chi connectivity index (χ0n) is 12.1. The first-order chi connectivity index (χ1) is 9.96. The minimum atomic E-state index is -1.11. The molecule has 0 aromatic carbocycles. The highest BCUT2D eigenvalue weighted by molar-refractivity contribution is 8.00. The van der Waals surface area contributed by atoms with Gasteiger partial charge in [-0.15, -0.1) is 0 Å². The molecule has 3 N–H and O–H groups in total. The van der Waals surface area contributed by atoms with Gasteiger partial charge in [0.25, 0.3) is 0 Å². The molecule has 7 nitrogen and oxygen atoms in total. The number of hydrogen-bond donors (Lipinski definition) is 3. The van der Waals surface area contributed by atoms with Gasteiger partial charge < -0.3 is 15.7 Å². The lowest BCUT2D eigenvalue weighted by molar-refractivity contribution is -0.139. The van der Waals surface area contributed by atoms with Crippen molar-refractivity contribution >= 4 is 23.8 Å². The largest absolute Gasteiger partial charge is 0.479 e. The second-order valence-electron chi connectivity index (χ2n) is 5.29. The maximum atomic E-state index is 11.9. The van der Waals surface area contributed by atoms with Gasteiger partial charge in [-0.05, 0) is 19.1 Å². The zero-order valence-corrected chi connectivity index (χ0v) is 12.9. The number of nitrogens with zero attached hydrogens (tertiary/aromatic N) is 2. The smallest absolute Gasteiger partial charge is 0.331 e. The maximum absolute atomic E-state index is 11.9. The molecule has 1 fully saturated rings. The minimum absolute atomic E-state index is 0.115. The van der Waals surface area contributed by atoms with Crippen LogP contribution in [0.1, 0.15) is 30.9 Å². The van der Waals surface area contributed by atoms with E-state index in [-0.39, 0.29) is 4.75 Å². The summed E-state index contributed by atoms with van der Waals surface area (Å²) in [6, 6.07) is -1.56. The van der Waals surface area contributed by atoms with Crippen LogP contribution in [0.5, 0.6) is 0 Å². The summed E-state index contributed by atoms with van der Waals surface area (Å²) in [6.07, 6.45) is 8.40. The van der Waals surface area contributed by atoms with E-state index in [4.69, 9.17) is 0 Å². The summed E-state index contributed by atoms with van der Waals surface area (Å²) in [5, 5.41) is 18.4. The number of carbonyl (C=O) groups is 2. The predicted octanol–water partition coefficient (Wildman–Crippen LogP) is 1.13. The Morgan fingerprint density at radius 3 is 2.71 bits per heavy atom. The number of carbonyl (C=O) groups excluding carboxylic acids is 1. The van der Waals surface area contributed by atoms with Gasteiger partial charge in [-0.1, -0.05) is 6.42 Å². The third kappa shape index (κ3) is 3.69. The number of amides is 2. The van der Waals surface area contributed by atoms with Gasteiger partial charge in [-0.25, -0.2) is 9.59 Å². The molecule has 0 bridgehead atoms. The van der Waals surface area contributed by atoms with Gasteiger partial charge in [-0.2, -0.15) is 16.9 Å². The third-order valence-corrected chi connectivity index (χ3v) is 5.27. The Bertz CT molecular complexity index is 522. The van der Waals surface area contributed by atoms with E-state index in [0.29, 0.717) is 12.1 Å². The summed E-state index contributed by atoms with van der Waals surface area (Å²) in [6.45, 7) is 0.555. The van der Waals surface area contributed by atoms with Crippen molar-refractivity contribution < 1.29 is 14.7 Å². The first kappa shape index (κ1) is 15.7. The summed E-state index contributed by atoms with van der Waals surface area (Å²) in [5.74, 6) is -1.11. The van der Waals surface area contributed by atoms with E-state index in [1.807, 2.05) is 6.26 Å². The highest BCUT2D eigenvalue weighted by atomic mass is 32.2. The van der Waals surface area contributed by atoms with Gasteiger partial charge in [0.05, 0.1) is 6.20 Å². The predicted molar refractivity (Wildman–Crippen MR) is 80.2 cm³/mol. The summed E-state index contributed by atoms with van der Waals surface area (Å²) in [7, 11) is 1.70. The molecular weight excluding hydrogens is 292 g/mol. The van der Waals surface area contributed by atoms with E-state index in [9.17, 15) is 14.7 Å². The average molecular weight is 312 g/mol. The number of aliphatic carboxylic acids is 1. The topological polar surface area (TPSA) is 96.2 Å². The van der Waals surface area contributed by atoms with E-state index in [0.717, 1.165) is 12.8 Å². The van der Waals surface area contributed by atoms with Crippen LogP contribution in [-0.4, -0.2) is 44.4 Å². The minimum Gasteiger partial charge on any atom is -0.479 e. The molecule has 1 aromatic rings. The number of thioether (sulfide) groups is 1. The van der Waals surface area contributed by atoms with E-state index in [1.165, 1.54) is 17.3 Å². The Labute approximate surface area is 127 Å². The molecule has 1 aliphatic rings. The van der Waals surface area contributed by atoms with Crippen molar-refractivity contribution in [3.8, 4) is 0 Å². The molecular formula is C13H20N4O3S. The SMILES string of the molecule is CSC1(CNC(=O)NC(C(=O)O)c2cnn(C)c2)CCC1. The number of aromatic nitrogens is 2. The Morgan fingerprint density at radius 2 is 2.29 bits per heavy atom. The number of nitrogens with one attached hydrogen (secondary N) is 2. The molecule has 2 amide bonds. The molecule has 1 saturated carbocycles.